The molecule has 8 nitrogen and oxygen atoms in total. The predicted octanol–water partition coefficient (Wildman–Crippen LogP) is 9.85. The lowest BCUT2D eigenvalue weighted by Crippen LogP contribution is -2.46. The second kappa shape index (κ2) is 30.6. The molecule has 3 unspecified atom stereocenters. The molecule has 0 aliphatic heterocycles. The van der Waals surface area contributed by atoms with Crippen molar-refractivity contribution in [3.63, 3.8) is 0 Å². The number of nitrogens with zero attached hydrogens (tertiary/aromatic N) is 1. The van der Waals surface area contributed by atoms with Crippen LogP contribution in [-0.4, -0.2) is 73.4 Å². The summed E-state index contributed by atoms with van der Waals surface area (Å²) >= 11 is 0. The van der Waals surface area contributed by atoms with E-state index in [4.69, 9.17) is 9.05 Å². The van der Waals surface area contributed by atoms with Gasteiger partial charge in [-0.05, 0) is 12.8 Å². The number of aliphatic hydroxyl groups excluding tert-OH is 1. The molecule has 9 heteroatoms. The van der Waals surface area contributed by atoms with Crippen molar-refractivity contribution in [3.8, 4) is 0 Å². The number of likely N-dealkylation sites (N-methyl/N-ethyl adjacent to an activating group) is 1. The van der Waals surface area contributed by atoms with Gasteiger partial charge in [-0.25, -0.2) is 4.57 Å². The Labute approximate surface area is 285 Å². The molecule has 1 amide bonds. The topological polar surface area (TPSA) is 105 Å². The molecule has 0 saturated heterocycles. The largest absolute Gasteiger partial charge is 0.472 e. The third-order valence-corrected chi connectivity index (χ3v) is 9.84. The number of phosphoric acid groups is 1. The minimum atomic E-state index is -4.29. The van der Waals surface area contributed by atoms with Crippen molar-refractivity contribution in [2.75, 3.05) is 40.9 Å². The number of rotatable bonds is 35. The van der Waals surface area contributed by atoms with Gasteiger partial charge in [-0.2, -0.15) is 0 Å². The van der Waals surface area contributed by atoms with E-state index in [-0.39, 0.29) is 19.1 Å². The zero-order chi connectivity index (χ0) is 34.4. The van der Waals surface area contributed by atoms with E-state index < -0.39 is 20.0 Å². The smallest absolute Gasteiger partial charge is 0.391 e. The minimum absolute atomic E-state index is 0.0779. The van der Waals surface area contributed by atoms with Crippen LogP contribution in [0.3, 0.4) is 0 Å². The van der Waals surface area contributed by atoms with Crippen molar-refractivity contribution in [1.82, 2.24) is 5.32 Å². The molecule has 0 bridgehead atoms. The molecule has 0 saturated carbocycles. The third kappa shape index (κ3) is 32.1. The Kier molecular flexibility index (Phi) is 30.2. The maximum atomic E-state index is 12.7. The number of quaternary nitrogens is 1. The van der Waals surface area contributed by atoms with E-state index >= 15 is 0 Å². The number of hydrogen-bond donors (Lipinski definition) is 3. The summed E-state index contributed by atoms with van der Waals surface area (Å²) in [5.41, 5.74) is 0. The van der Waals surface area contributed by atoms with Gasteiger partial charge in [0.15, 0.2) is 0 Å². The molecule has 3 N–H and O–H groups in total. The van der Waals surface area contributed by atoms with Crippen LogP contribution in [0.2, 0.25) is 0 Å². The summed E-state index contributed by atoms with van der Waals surface area (Å²) in [4.78, 5) is 22.9. The normalized spacial score (nSPS) is 14.7. The molecular weight excluding hydrogens is 599 g/mol. The van der Waals surface area contributed by atoms with Gasteiger partial charge in [-0.15, -0.1) is 0 Å². The maximum Gasteiger partial charge on any atom is 0.472 e. The lowest BCUT2D eigenvalue weighted by atomic mass is 10.0. The molecule has 0 aliphatic rings. The summed E-state index contributed by atoms with van der Waals surface area (Å²) in [7, 11) is 1.62. The van der Waals surface area contributed by atoms with Gasteiger partial charge in [-0.1, -0.05) is 162 Å². The number of unbranched alkanes of at least 4 members (excludes halogenated alkanes) is 22. The molecule has 0 rings (SSSR count). The molecule has 3 atom stereocenters. The highest BCUT2D eigenvalue weighted by molar-refractivity contribution is 7.47. The summed E-state index contributed by atoms with van der Waals surface area (Å²) in [6, 6.07) is -0.750. The molecule has 0 aromatic carbocycles. The van der Waals surface area contributed by atoms with Crippen molar-refractivity contribution in [1.29, 1.82) is 0 Å². The fourth-order valence-corrected chi connectivity index (χ4v) is 6.43. The van der Waals surface area contributed by atoms with Gasteiger partial charge in [0.2, 0.25) is 5.91 Å². The molecule has 0 radical (unpaired) electrons. The standard InChI is InChI=1S/C37H77N2O6P/c1-6-8-10-12-14-16-17-18-19-20-21-22-23-24-26-28-30-36(40)35(34-45-46(42,43)44-33-32-39(3,4)5)38-37(41)31-29-27-25-15-13-11-9-7-2/h35-36,40H,6-34H2,1-5H3,(H-,38,41,42,43)/p+1. The van der Waals surface area contributed by atoms with Gasteiger partial charge < -0.3 is 19.8 Å². The first kappa shape index (κ1) is 45.5. The number of amides is 1. The van der Waals surface area contributed by atoms with E-state index in [9.17, 15) is 19.4 Å². The fraction of sp³-hybridized carbons (Fsp3) is 0.973. The first-order valence-electron chi connectivity index (χ1n) is 19.4. The Hall–Kier alpha value is -0.500. The summed E-state index contributed by atoms with van der Waals surface area (Å²) in [6.45, 7) is 4.85. The van der Waals surface area contributed by atoms with Crippen LogP contribution in [0.25, 0.3) is 0 Å². The van der Waals surface area contributed by atoms with E-state index in [1.807, 2.05) is 21.1 Å². The molecule has 0 spiro atoms. The third-order valence-electron chi connectivity index (χ3n) is 8.86. The van der Waals surface area contributed by atoms with Crippen molar-refractivity contribution in [2.24, 2.45) is 0 Å². The summed E-state index contributed by atoms with van der Waals surface area (Å²) < 4.78 is 23.5. The van der Waals surface area contributed by atoms with E-state index in [2.05, 4.69) is 19.2 Å². The lowest BCUT2D eigenvalue weighted by Gasteiger charge is -2.26. The van der Waals surface area contributed by atoms with Crippen molar-refractivity contribution in [3.05, 3.63) is 0 Å². The Morgan fingerprint density at radius 2 is 1.04 bits per heavy atom. The van der Waals surface area contributed by atoms with Gasteiger partial charge in [0.25, 0.3) is 0 Å². The maximum absolute atomic E-state index is 12.7. The van der Waals surface area contributed by atoms with E-state index in [1.165, 1.54) is 116 Å². The number of nitrogens with one attached hydrogen (secondary N) is 1. The zero-order valence-corrected chi connectivity index (χ0v) is 32.0. The average Bonchev–Trinajstić information content (AvgIpc) is 2.99. The highest BCUT2D eigenvalue weighted by Crippen LogP contribution is 2.43. The van der Waals surface area contributed by atoms with Crippen LogP contribution >= 0.6 is 7.82 Å². The first-order chi connectivity index (χ1) is 22.0. The Bertz CT molecular complexity index is 733. The van der Waals surface area contributed by atoms with E-state index in [0.29, 0.717) is 23.9 Å². The molecule has 0 fully saturated rings. The number of phosphoric ester groups is 1. The van der Waals surface area contributed by atoms with Crippen molar-refractivity contribution >= 4 is 13.7 Å². The Morgan fingerprint density at radius 3 is 1.46 bits per heavy atom. The molecule has 46 heavy (non-hydrogen) atoms. The molecule has 0 aromatic rings. The second-order valence-electron chi connectivity index (χ2n) is 14.7. The zero-order valence-electron chi connectivity index (χ0n) is 31.1. The van der Waals surface area contributed by atoms with Gasteiger partial charge in [0, 0.05) is 6.42 Å². The minimum Gasteiger partial charge on any atom is -0.391 e. The van der Waals surface area contributed by atoms with Crippen LogP contribution < -0.4 is 5.32 Å². The summed E-state index contributed by atoms with van der Waals surface area (Å²) in [6.07, 6.45) is 29.8. The SMILES string of the molecule is CCCCCCCCCCCCCCCCCCC(O)C(COP(=O)(O)OCC[N+](C)(C)C)NC(=O)CCCCCCCCCC. The monoisotopic (exact) mass is 678 g/mol. The fourth-order valence-electron chi connectivity index (χ4n) is 5.69. The van der Waals surface area contributed by atoms with Gasteiger partial charge in [-0.3, -0.25) is 13.8 Å². The van der Waals surface area contributed by atoms with Crippen LogP contribution in [0.4, 0.5) is 0 Å². The summed E-state index contributed by atoms with van der Waals surface area (Å²) in [5, 5.41) is 13.8. The highest BCUT2D eigenvalue weighted by atomic mass is 31.2. The molecule has 0 aromatic heterocycles. The number of carbonyl (C=O) groups is 1. The quantitative estimate of drug-likeness (QED) is 0.0350. The van der Waals surface area contributed by atoms with Gasteiger partial charge in [0.1, 0.15) is 13.2 Å². The van der Waals surface area contributed by atoms with Gasteiger partial charge >= 0.3 is 7.82 Å². The molecular formula is C37H78N2O6P+. The molecule has 0 aliphatic carbocycles. The number of carbonyl (C=O) groups excluding carboxylic acids is 1. The van der Waals surface area contributed by atoms with Crippen LogP contribution in [0.5, 0.6) is 0 Å². The molecule has 0 heterocycles. The number of hydrogen-bond acceptors (Lipinski definition) is 5. The lowest BCUT2D eigenvalue weighted by molar-refractivity contribution is -0.870. The number of aliphatic hydroxyl groups is 1. The Balaban J connectivity index is 4.37. The first-order valence-corrected chi connectivity index (χ1v) is 20.9. The summed E-state index contributed by atoms with van der Waals surface area (Å²) in [5.74, 6) is -0.149. The average molecular weight is 678 g/mol. The highest BCUT2D eigenvalue weighted by Gasteiger charge is 2.28. The second-order valence-corrected chi connectivity index (χ2v) is 16.1. The van der Waals surface area contributed by atoms with Crippen molar-refractivity contribution in [2.45, 2.75) is 193 Å². The van der Waals surface area contributed by atoms with Crippen LogP contribution in [0, 0.1) is 0 Å². The van der Waals surface area contributed by atoms with Crippen molar-refractivity contribution < 1.29 is 32.9 Å². The van der Waals surface area contributed by atoms with E-state index in [1.54, 1.807) is 0 Å². The van der Waals surface area contributed by atoms with Gasteiger partial charge in [0.05, 0.1) is 39.9 Å². The van der Waals surface area contributed by atoms with Crippen LogP contribution in [0.15, 0.2) is 0 Å². The van der Waals surface area contributed by atoms with Crippen LogP contribution in [-0.2, 0) is 18.4 Å². The Morgan fingerprint density at radius 1 is 0.652 bits per heavy atom. The van der Waals surface area contributed by atoms with Crippen LogP contribution in [0.1, 0.15) is 181 Å². The van der Waals surface area contributed by atoms with E-state index in [0.717, 1.165) is 38.5 Å². The predicted molar refractivity (Wildman–Crippen MR) is 194 cm³/mol. The molecule has 276 valence electrons.